The predicted molar refractivity (Wildman–Crippen MR) is 56.8 cm³/mol. The Labute approximate surface area is 85.7 Å². The first-order valence-corrected chi connectivity index (χ1v) is 4.47. The summed E-state index contributed by atoms with van der Waals surface area (Å²) in [5, 5.41) is 2.14. The largest absolute Gasteiger partial charge is 0.441 e. The van der Waals surface area contributed by atoms with Crippen LogP contribution in [0, 0.1) is 6.92 Å². The number of rotatable bonds is 1. The molecule has 4 nitrogen and oxygen atoms in total. The fourth-order valence-electron chi connectivity index (χ4n) is 1.24. The van der Waals surface area contributed by atoms with Crippen molar-refractivity contribution in [3.8, 4) is 0 Å². The third kappa shape index (κ3) is 1.72. The number of hydrogen-bond acceptors (Lipinski definition) is 3. The van der Waals surface area contributed by atoms with Gasteiger partial charge in [-0.15, -0.1) is 0 Å². The van der Waals surface area contributed by atoms with Crippen LogP contribution in [0.5, 0.6) is 0 Å². The van der Waals surface area contributed by atoms with Gasteiger partial charge >= 0.3 is 0 Å². The van der Waals surface area contributed by atoms with E-state index >= 15 is 0 Å². The number of thiol groups is 1. The van der Waals surface area contributed by atoms with E-state index in [9.17, 15) is 4.79 Å². The molecule has 2 rings (SSSR count). The molecule has 72 valence electrons. The molecule has 0 saturated carbocycles. The van der Waals surface area contributed by atoms with Gasteiger partial charge in [-0.25, -0.2) is 4.98 Å². The van der Waals surface area contributed by atoms with E-state index in [0.717, 1.165) is 5.52 Å². The van der Waals surface area contributed by atoms with Gasteiger partial charge in [0, 0.05) is 18.7 Å². The Morgan fingerprint density at radius 3 is 3.07 bits per heavy atom. The van der Waals surface area contributed by atoms with E-state index < -0.39 is 5.24 Å². The van der Waals surface area contributed by atoms with E-state index in [-0.39, 0.29) is 0 Å². The van der Waals surface area contributed by atoms with E-state index in [4.69, 9.17) is 4.42 Å². The molecule has 14 heavy (non-hydrogen) atoms. The van der Waals surface area contributed by atoms with Crippen LogP contribution in [0.4, 0.5) is 10.5 Å². The molecular weight excluding hydrogens is 200 g/mol. The minimum Gasteiger partial charge on any atom is -0.441 e. The van der Waals surface area contributed by atoms with Gasteiger partial charge in [0.05, 0.1) is 0 Å². The van der Waals surface area contributed by atoms with Crippen molar-refractivity contribution in [2.45, 2.75) is 6.92 Å². The summed E-state index contributed by atoms with van der Waals surface area (Å²) in [5.74, 6) is 0.606. The molecule has 0 spiro atoms. The molecule has 1 amide bonds. The maximum atomic E-state index is 10.7. The molecule has 1 N–H and O–H groups in total. The molecule has 0 atom stereocenters. The van der Waals surface area contributed by atoms with Gasteiger partial charge in [-0.1, -0.05) is 12.6 Å². The Morgan fingerprint density at radius 2 is 2.36 bits per heavy atom. The number of amides is 1. The van der Waals surface area contributed by atoms with Gasteiger partial charge in [0.1, 0.15) is 5.52 Å². The lowest BCUT2D eigenvalue weighted by molar-refractivity contribution is 0.270. The van der Waals surface area contributed by atoms with Crippen molar-refractivity contribution in [1.82, 2.24) is 4.98 Å². The smallest absolute Gasteiger partial charge is 0.280 e. The van der Waals surface area contributed by atoms with Crippen LogP contribution in [0.25, 0.3) is 11.1 Å². The Kier molecular flexibility index (Phi) is 2.17. The highest BCUT2D eigenvalue weighted by molar-refractivity contribution is 7.96. The van der Waals surface area contributed by atoms with Gasteiger partial charge in [-0.2, -0.15) is 0 Å². The highest BCUT2D eigenvalue weighted by atomic mass is 32.1. The Morgan fingerprint density at radius 1 is 1.57 bits per heavy atom. The molecule has 5 heteroatoms. The molecule has 2 aromatic rings. The van der Waals surface area contributed by atoms with E-state index in [1.807, 2.05) is 0 Å². The SMILES string of the molecule is Cc1nc2ccc(NC(=O)S)cc2o1. The maximum Gasteiger partial charge on any atom is 0.280 e. The lowest BCUT2D eigenvalue weighted by Gasteiger charge is -1.98. The summed E-state index contributed by atoms with van der Waals surface area (Å²) >= 11 is 3.61. The summed E-state index contributed by atoms with van der Waals surface area (Å²) in [4.78, 5) is 14.8. The second-order valence-electron chi connectivity index (χ2n) is 2.85. The predicted octanol–water partition coefficient (Wildman–Crippen LogP) is 2.60. The van der Waals surface area contributed by atoms with Crippen LogP contribution >= 0.6 is 12.6 Å². The lowest BCUT2D eigenvalue weighted by Crippen LogP contribution is -2.00. The Hall–Kier alpha value is -1.49. The second-order valence-corrected chi connectivity index (χ2v) is 3.25. The number of anilines is 1. The zero-order valence-electron chi connectivity index (χ0n) is 7.44. The van der Waals surface area contributed by atoms with E-state index in [2.05, 4.69) is 22.9 Å². The van der Waals surface area contributed by atoms with Crippen LogP contribution < -0.4 is 5.32 Å². The van der Waals surface area contributed by atoms with Crippen molar-refractivity contribution < 1.29 is 9.21 Å². The van der Waals surface area contributed by atoms with Gasteiger partial charge in [0.2, 0.25) is 0 Å². The van der Waals surface area contributed by atoms with Crippen LogP contribution in [0.15, 0.2) is 22.6 Å². The van der Waals surface area contributed by atoms with Crippen LogP contribution in [-0.2, 0) is 0 Å². The molecule has 0 fully saturated rings. The van der Waals surface area contributed by atoms with Gasteiger partial charge in [0.15, 0.2) is 11.5 Å². The summed E-state index contributed by atoms with van der Waals surface area (Å²) in [6.07, 6.45) is 0. The maximum absolute atomic E-state index is 10.7. The van der Waals surface area contributed by atoms with Crippen LogP contribution in [-0.4, -0.2) is 10.2 Å². The monoisotopic (exact) mass is 208 g/mol. The van der Waals surface area contributed by atoms with Crippen molar-refractivity contribution in [3.05, 3.63) is 24.1 Å². The number of hydrogen-bond donors (Lipinski definition) is 2. The molecule has 1 heterocycles. The number of aryl methyl sites for hydroxylation is 1. The van der Waals surface area contributed by atoms with E-state index in [0.29, 0.717) is 17.2 Å². The molecule has 1 aromatic carbocycles. The number of nitrogens with zero attached hydrogens (tertiary/aromatic N) is 1. The minimum absolute atomic E-state index is 0.402. The third-order valence-corrected chi connectivity index (χ3v) is 1.86. The topological polar surface area (TPSA) is 55.1 Å². The van der Waals surface area contributed by atoms with Crippen LogP contribution in [0.2, 0.25) is 0 Å². The van der Waals surface area contributed by atoms with Gasteiger partial charge in [0.25, 0.3) is 5.24 Å². The second kappa shape index (κ2) is 3.34. The standard InChI is InChI=1S/C9H8N2O2S/c1-5-10-7-3-2-6(11-9(12)14)4-8(7)13-5/h2-4H,1H3,(H2,11,12,14). The molecule has 0 saturated heterocycles. The number of carbonyl (C=O) groups excluding carboxylic acids is 1. The molecule has 1 aromatic heterocycles. The summed E-state index contributed by atoms with van der Waals surface area (Å²) in [6, 6.07) is 5.24. The third-order valence-electron chi connectivity index (χ3n) is 1.75. The van der Waals surface area contributed by atoms with E-state index in [1.54, 1.807) is 25.1 Å². The first-order valence-electron chi connectivity index (χ1n) is 4.02. The molecular formula is C9H8N2O2S. The van der Waals surface area contributed by atoms with Gasteiger partial charge < -0.3 is 9.73 Å². The average Bonchev–Trinajstić information content (AvgIpc) is 2.42. The number of carbonyl (C=O) groups is 1. The molecule has 0 aliphatic rings. The normalized spacial score (nSPS) is 10.4. The number of oxazole rings is 1. The zero-order chi connectivity index (χ0) is 10.1. The van der Waals surface area contributed by atoms with Crippen LogP contribution in [0.3, 0.4) is 0 Å². The number of aromatic nitrogens is 1. The van der Waals surface area contributed by atoms with Crippen molar-refractivity contribution in [1.29, 1.82) is 0 Å². The quantitative estimate of drug-likeness (QED) is 0.708. The fraction of sp³-hybridized carbons (Fsp3) is 0.111. The number of fused-ring (bicyclic) bond motifs is 1. The molecule has 0 unspecified atom stereocenters. The average molecular weight is 208 g/mol. The lowest BCUT2D eigenvalue weighted by atomic mass is 10.3. The van der Waals surface area contributed by atoms with Gasteiger partial charge in [-0.05, 0) is 12.1 Å². The molecule has 0 bridgehead atoms. The molecule has 0 aliphatic heterocycles. The van der Waals surface area contributed by atoms with Crippen LogP contribution in [0.1, 0.15) is 5.89 Å². The molecule has 0 radical (unpaired) electrons. The van der Waals surface area contributed by atoms with Crippen molar-refractivity contribution in [2.24, 2.45) is 0 Å². The van der Waals surface area contributed by atoms with Crippen molar-refractivity contribution in [2.75, 3.05) is 5.32 Å². The van der Waals surface area contributed by atoms with E-state index in [1.165, 1.54) is 0 Å². The highest BCUT2D eigenvalue weighted by Crippen LogP contribution is 2.19. The summed E-state index contributed by atoms with van der Waals surface area (Å²) in [5.41, 5.74) is 2.08. The summed E-state index contributed by atoms with van der Waals surface area (Å²) in [6.45, 7) is 1.77. The number of nitrogens with one attached hydrogen (secondary N) is 1. The molecule has 0 aliphatic carbocycles. The van der Waals surface area contributed by atoms with Crippen molar-refractivity contribution >= 4 is 34.7 Å². The number of benzene rings is 1. The van der Waals surface area contributed by atoms with Gasteiger partial charge in [-0.3, -0.25) is 4.79 Å². The first kappa shape index (κ1) is 9.08. The first-order chi connectivity index (χ1) is 6.65. The summed E-state index contributed by atoms with van der Waals surface area (Å²) < 4.78 is 5.30. The zero-order valence-corrected chi connectivity index (χ0v) is 8.34. The Bertz CT molecular complexity index is 493. The highest BCUT2D eigenvalue weighted by Gasteiger charge is 2.03. The van der Waals surface area contributed by atoms with Crippen molar-refractivity contribution in [3.63, 3.8) is 0 Å². The summed E-state index contributed by atoms with van der Waals surface area (Å²) in [7, 11) is 0. The minimum atomic E-state index is -0.402. The fourth-order valence-corrected chi connectivity index (χ4v) is 1.37. The Balaban J connectivity index is 2.45.